The lowest BCUT2D eigenvalue weighted by Gasteiger charge is -2.20. The fourth-order valence-corrected chi connectivity index (χ4v) is 4.42. The third-order valence-corrected chi connectivity index (χ3v) is 5.79. The quantitative estimate of drug-likeness (QED) is 0.682. The lowest BCUT2D eigenvalue weighted by atomic mass is 10.1. The minimum Gasteiger partial charge on any atom is -0.310 e. The van der Waals surface area contributed by atoms with E-state index in [1.54, 1.807) is 21.6 Å². The second kappa shape index (κ2) is 6.73. The molecule has 1 aliphatic rings. The molecule has 0 radical (unpaired) electrons. The highest BCUT2D eigenvalue weighted by Crippen LogP contribution is 2.33. The Hall–Kier alpha value is -2.68. The zero-order valence-electron chi connectivity index (χ0n) is 16.3. The molecular weight excluding hydrogens is 376 g/mol. The van der Waals surface area contributed by atoms with Gasteiger partial charge in [0, 0.05) is 18.4 Å². The van der Waals surface area contributed by atoms with Crippen molar-refractivity contribution < 1.29 is 4.79 Å². The Morgan fingerprint density at radius 1 is 1.39 bits per heavy atom. The zero-order chi connectivity index (χ0) is 20.1. The van der Waals surface area contributed by atoms with Gasteiger partial charge in [-0.25, -0.2) is 14.6 Å². The van der Waals surface area contributed by atoms with Crippen LogP contribution in [-0.2, 0) is 10.3 Å². The van der Waals surface area contributed by atoms with Gasteiger partial charge in [-0.3, -0.25) is 14.2 Å². The van der Waals surface area contributed by atoms with Crippen LogP contribution in [0.5, 0.6) is 0 Å². The van der Waals surface area contributed by atoms with E-state index in [2.05, 4.69) is 20.4 Å². The first kappa shape index (κ1) is 18.7. The van der Waals surface area contributed by atoms with Gasteiger partial charge in [-0.2, -0.15) is 5.10 Å². The molecule has 3 aromatic rings. The number of anilines is 1. The van der Waals surface area contributed by atoms with Gasteiger partial charge in [-0.05, 0) is 39.3 Å². The summed E-state index contributed by atoms with van der Waals surface area (Å²) in [7, 11) is 0. The van der Waals surface area contributed by atoms with E-state index in [1.165, 1.54) is 11.8 Å². The van der Waals surface area contributed by atoms with Crippen LogP contribution < -0.4 is 10.9 Å². The minimum absolute atomic E-state index is 0.146. The number of carbonyl (C=O) groups excluding carboxylic acids is 1. The van der Waals surface area contributed by atoms with Gasteiger partial charge in [0.2, 0.25) is 5.91 Å². The van der Waals surface area contributed by atoms with E-state index in [1.807, 2.05) is 39.8 Å². The molecule has 0 spiro atoms. The molecule has 0 aliphatic carbocycles. The number of thioether (sulfide) groups is 1. The standard InChI is InChI=1S/C19H22N6O2S/c1-11-6-5-7-20-15(11)22-14(26)8-12-10-28-18-23-16-13(17(27)24(12)18)9-21-25(16)19(2,3)4/h5-7,9,12H,8,10H2,1-4H3,(H,20,22,26). The molecule has 8 nitrogen and oxygen atoms in total. The number of aromatic nitrogens is 5. The number of fused-ring (bicyclic) bond motifs is 2. The second-order valence-electron chi connectivity index (χ2n) is 7.92. The molecule has 0 saturated carbocycles. The fourth-order valence-electron chi connectivity index (χ4n) is 3.29. The Morgan fingerprint density at radius 2 is 2.18 bits per heavy atom. The summed E-state index contributed by atoms with van der Waals surface area (Å²) >= 11 is 1.49. The van der Waals surface area contributed by atoms with Crippen molar-refractivity contribution in [3.05, 3.63) is 40.4 Å². The van der Waals surface area contributed by atoms with Crippen molar-refractivity contribution in [3.8, 4) is 0 Å². The molecule has 28 heavy (non-hydrogen) atoms. The summed E-state index contributed by atoms with van der Waals surface area (Å²) in [6.07, 6.45) is 3.40. The number of hydrogen-bond donors (Lipinski definition) is 1. The predicted molar refractivity (Wildman–Crippen MR) is 109 cm³/mol. The average Bonchev–Trinajstić information content (AvgIpc) is 3.22. The van der Waals surface area contributed by atoms with Crippen molar-refractivity contribution in [2.75, 3.05) is 11.1 Å². The van der Waals surface area contributed by atoms with Gasteiger partial charge in [0.05, 0.1) is 17.8 Å². The van der Waals surface area contributed by atoms with Crippen molar-refractivity contribution in [1.82, 2.24) is 24.3 Å². The van der Waals surface area contributed by atoms with Gasteiger partial charge in [0.15, 0.2) is 10.8 Å². The number of hydrogen-bond acceptors (Lipinski definition) is 6. The van der Waals surface area contributed by atoms with Gasteiger partial charge in [0.1, 0.15) is 11.2 Å². The summed E-state index contributed by atoms with van der Waals surface area (Å²) in [5, 5.41) is 8.31. The van der Waals surface area contributed by atoms with Gasteiger partial charge >= 0.3 is 0 Å². The molecular formula is C19H22N6O2S. The summed E-state index contributed by atoms with van der Waals surface area (Å²) in [6, 6.07) is 3.47. The predicted octanol–water partition coefficient (Wildman–Crippen LogP) is 2.73. The van der Waals surface area contributed by atoms with Crippen LogP contribution >= 0.6 is 11.8 Å². The summed E-state index contributed by atoms with van der Waals surface area (Å²) < 4.78 is 3.40. The highest BCUT2D eigenvalue weighted by molar-refractivity contribution is 7.99. The molecule has 9 heteroatoms. The Morgan fingerprint density at radius 3 is 2.89 bits per heavy atom. The molecule has 1 unspecified atom stereocenters. The van der Waals surface area contributed by atoms with E-state index in [9.17, 15) is 9.59 Å². The van der Waals surface area contributed by atoms with E-state index >= 15 is 0 Å². The smallest absolute Gasteiger partial charge is 0.265 e. The van der Waals surface area contributed by atoms with E-state index < -0.39 is 0 Å². The number of nitrogens with one attached hydrogen (secondary N) is 1. The molecule has 4 rings (SSSR count). The van der Waals surface area contributed by atoms with Gasteiger partial charge in [-0.1, -0.05) is 17.8 Å². The molecule has 0 saturated heterocycles. The molecule has 0 aromatic carbocycles. The maximum absolute atomic E-state index is 13.1. The SMILES string of the molecule is Cc1cccnc1NC(=O)CC1CSc2nc3c(cnn3C(C)(C)C)c(=O)n21. The highest BCUT2D eigenvalue weighted by atomic mass is 32.2. The maximum Gasteiger partial charge on any atom is 0.265 e. The number of nitrogens with zero attached hydrogens (tertiary/aromatic N) is 5. The van der Waals surface area contributed by atoms with Crippen LogP contribution in [0.15, 0.2) is 34.5 Å². The number of rotatable bonds is 3. The van der Waals surface area contributed by atoms with E-state index in [0.717, 1.165) is 5.56 Å². The van der Waals surface area contributed by atoms with Crippen molar-refractivity contribution in [3.63, 3.8) is 0 Å². The topological polar surface area (TPSA) is 94.7 Å². The average molecular weight is 398 g/mol. The maximum atomic E-state index is 13.1. The highest BCUT2D eigenvalue weighted by Gasteiger charge is 2.30. The molecule has 3 aromatic heterocycles. The number of aryl methyl sites for hydroxylation is 1. The van der Waals surface area contributed by atoms with Gasteiger partial charge in [0.25, 0.3) is 5.56 Å². The minimum atomic E-state index is -0.275. The molecule has 146 valence electrons. The van der Waals surface area contributed by atoms with Gasteiger partial charge < -0.3 is 5.32 Å². The Labute approximate surface area is 166 Å². The van der Waals surface area contributed by atoms with Crippen LogP contribution in [0, 0.1) is 6.92 Å². The summed E-state index contributed by atoms with van der Waals surface area (Å²) in [6.45, 7) is 7.95. The Balaban J connectivity index is 1.63. The monoisotopic (exact) mass is 398 g/mol. The number of amides is 1. The molecule has 1 N–H and O–H groups in total. The van der Waals surface area contributed by atoms with Crippen LogP contribution in [-0.4, -0.2) is 36.0 Å². The van der Waals surface area contributed by atoms with Crippen LogP contribution in [0.4, 0.5) is 5.82 Å². The lowest BCUT2D eigenvalue weighted by Crippen LogP contribution is -2.29. The van der Waals surface area contributed by atoms with Crippen LogP contribution in [0.25, 0.3) is 11.0 Å². The second-order valence-corrected chi connectivity index (χ2v) is 8.91. The molecule has 4 heterocycles. The van der Waals surface area contributed by atoms with Gasteiger partial charge in [-0.15, -0.1) is 0 Å². The van der Waals surface area contributed by atoms with E-state index in [0.29, 0.717) is 27.8 Å². The van der Waals surface area contributed by atoms with E-state index in [4.69, 9.17) is 0 Å². The van der Waals surface area contributed by atoms with E-state index in [-0.39, 0.29) is 29.5 Å². The summed E-state index contributed by atoms with van der Waals surface area (Å²) in [5.41, 5.74) is 1.06. The van der Waals surface area contributed by atoms with Crippen molar-refractivity contribution >= 4 is 34.5 Å². The first-order chi connectivity index (χ1) is 13.3. The first-order valence-corrected chi connectivity index (χ1v) is 10.1. The molecule has 1 atom stereocenters. The summed E-state index contributed by atoms with van der Waals surface area (Å²) in [4.78, 5) is 34.5. The zero-order valence-corrected chi connectivity index (χ0v) is 17.1. The van der Waals surface area contributed by atoms with Crippen molar-refractivity contribution in [1.29, 1.82) is 0 Å². The Kier molecular flexibility index (Phi) is 4.49. The van der Waals surface area contributed by atoms with Crippen LogP contribution in [0.1, 0.15) is 38.8 Å². The number of pyridine rings is 1. The fraction of sp³-hybridized carbons (Fsp3) is 0.421. The van der Waals surface area contributed by atoms with Crippen molar-refractivity contribution in [2.24, 2.45) is 0 Å². The van der Waals surface area contributed by atoms with Crippen LogP contribution in [0.3, 0.4) is 0 Å². The first-order valence-electron chi connectivity index (χ1n) is 9.10. The molecule has 1 amide bonds. The Bertz CT molecular complexity index is 1130. The number of carbonyl (C=O) groups is 1. The third-order valence-electron chi connectivity index (χ3n) is 4.69. The molecule has 0 bridgehead atoms. The lowest BCUT2D eigenvalue weighted by molar-refractivity contribution is -0.116. The van der Waals surface area contributed by atoms with Crippen LogP contribution in [0.2, 0.25) is 0 Å². The molecule has 0 fully saturated rings. The largest absolute Gasteiger partial charge is 0.310 e. The molecule has 1 aliphatic heterocycles. The van der Waals surface area contributed by atoms with Crippen molar-refractivity contribution in [2.45, 2.75) is 50.9 Å². The third kappa shape index (κ3) is 3.19. The normalized spacial score (nSPS) is 16.4. The summed E-state index contributed by atoms with van der Waals surface area (Å²) in [5.74, 6) is 1.01.